The Labute approximate surface area is 129 Å². The number of fused-ring (bicyclic) bond motifs is 1. The zero-order valence-electron chi connectivity index (χ0n) is 12.7. The molecule has 0 aliphatic rings. The standard InChI is InChI=1S/C17H18N4O/c1-12(2)18-17(22)16-11-21(20-19-16)10-14-8-5-7-13-6-3-4-9-15(13)14/h3-9,11-12H,10H2,1-2H3,(H,18,22). The van der Waals surface area contributed by atoms with Crippen molar-refractivity contribution in [2.24, 2.45) is 0 Å². The number of nitrogens with zero attached hydrogens (tertiary/aromatic N) is 3. The molecule has 112 valence electrons. The molecule has 0 spiro atoms. The molecule has 0 atom stereocenters. The molecule has 1 amide bonds. The van der Waals surface area contributed by atoms with E-state index in [0.717, 1.165) is 5.56 Å². The summed E-state index contributed by atoms with van der Waals surface area (Å²) in [5, 5.41) is 13.2. The Morgan fingerprint density at radius 2 is 1.95 bits per heavy atom. The molecule has 0 aliphatic carbocycles. The monoisotopic (exact) mass is 294 g/mol. The van der Waals surface area contributed by atoms with Crippen molar-refractivity contribution in [2.75, 3.05) is 0 Å². The number of hydrogen-bond acceptors (Lipinski definition) is 3. The fourth-order valence-electron chi connectivity index (χ4n) is 2.42. The molecule has 3 rings (SSSR count). The quantitative estimate of drug-likeness (QED) is 0.804. The molecule has 0 unspecified atom stereocenters. The minimum Gasteiger partial charge on any atom is -0.348 e. The third kappa shape index (κ3) is 2.98. The highest BCUT2D eigenvalue weighted by molar-refractivity contribution is 5.92. The molecule has 2 aromatic carbocycles. The van der Waals surface area contributed by atoms with Crippen LogP contribution in [0.2, 0.25) is 0 Å². The van der Waals surface area contributed by atoms with Gasteiger partial charge >= 0.3 is 0 Å². The van der Waals surface area contributed by atoms with Crippen LogP contribution in [0.1, 0.15) is 29.9 Å². The van der Waals surface area contributed by atoms with Crippen molar-refractivity contribution in [3.05, 3.63) is 59.9 Å². The number of rotatable bonds is 4. The smallest absolute Gasteiger partial charge is 0.273 e. The molecule has 1 aromatic heterocycles. The van der Waals surface area contributed by atoms with Gasteiger partial charge in [0.05, 0.1) is 12.7 Å². The number of amides is 1. The van der Waals surface area contributed by atoms with Crippen molar-refractivity contribution >= 4 is 16.7 Å². The molecule has 3 aromatic rings. The molecule has 0 saturated heterocycles. The molecule has 0 fully saturated rings. The first-order valence-electron chi connectivity index (χ1n) is 7.31. The van der Waals surface area contributed by atoms with Gasteiger partial charge in [0.2, 0.25) is 0 Å². The van der Waals surface area contributed by atoms with Gasteiger partial charge in [0.25, 0.3) is 5.91 Å². The van der Waals surface area contributed by atoms with Crippen LogP contribution in [0.25, 0.3) is 10.8 Å². The van der Waals surface area contributed by atoms with Crippen LogP contribution in [0.5, 0.6) is 0 Å². The first kappa shape index (κ1) is 14.3. The summed E-state index contributed by atoms with van der Waals surface area (Å²) in [6.07, 6.45) is 1.68. The molecule has 1 N–H and O–H groups in total. The predicted octanol–water partition coefficient (Wildman–Crippen LogP) is 2.62. The Bertz CT molecular complexity index is 802. The zero-order valence-corrected chi connectivity index (χ0v) is 12.7. The molecule has 5 nitrogen and oxygen atoms in total. The number of hydrogen-bond donors (Lipinski definition) is 1. The first-order chi connectivity index (χ1) is 10.6. The van der Waals surface area contributed by atoms with Gasteiger partial charge in [-0.25, -0.2) is 4.68 Å². The minimum atomic E-state index is -0.195. The molecule has 0 aliphatic heterocycles. The van der Waals surface area contributed by atoms with Crippen LogP contribution in [-0.2, 0) is 6.54 Å². The molecule has 0 saturated carbocycles. The summed E-state index contributed by atoms with van der Waals surface area (Å²) >= 11 is 0. The fourth-order valence-corrected chi connectivity index (χ4v) is 2.42. The van der Waals surface area contributed by atoms with Crippen LogP contribution in [0.15, 0.2) is 48.7 Å². The maximum atomic E-state index is 11.9. The van der Waals surface area contributed by atoms with Gasteiger partial charge in [-0.15, -0.1) is 5.10 Å². The molecule has 0 radical (unpaired) electrons. The Kier molecular flexibility index (Phi) is 3.87. The second-order valence-corrected chi connectivity index (χ2v) is 5.57. The van der Waals surface area contributed by atoms with E-state index in [-0.39, 0.29) is 11.9 Å². The summed E-state index contributed by atoms with van der Waals surface area (Å²) in [4.78, 5) is 11.9. The summed E-state index contributed by atoms with van der Waals surface area (Å²) < 4.78 is 1.69. The lowest BCUT2D eigenvalue weighted by Crippen LogP contribution is -2.30. The highest BCUT2D eigenvalue weighted by Gasteiger charge is 2.12. The van der Waals surface area contributed by atoms with Gasteiger partial charge in [0, 0.05) is 6.04 Å². The van der Waals surface area contributed by atoms with Crippen LogP contribution in [-0.4, -0.2) is 26.9 Å². The third-order valence-corrected chi connectivity index (χ3v) is 3.40. The average molecular weight is 294 g/mol. The van der Waals surface area contributed by atoms with E-state index in [1.54, 1.807) is 10.9 Å². The van der Waals surface area contributed by atoms with Gasteiger partial charge in [0.15, 0.2) is 5.69 Å². The lowest BCUT2D eigenvalue weighted by Gasteiger charge is -2.06. The maximum Gasteiger partial charge on any atom is 0.273 e. The van der Waals surface area contributed by atoms with Crippen molar-refractivity contribution in [1.29, 1.82) is 0 Å². The summed E-state index contributed by atoms with van der Waals surface area (Å²) in [5.74, 6) is -0.195. The van der Waals surface area contributed by atoms with Crippen molar-refractivity contribution < 1.29 is 4.79 Å². The zero-order chi connectivity index (χ0) is 15.5. The van der Waals surface area contributed by atoms with E-state index in [1.807, 2.05) is 32.0 Å². The van der Waals surface area contributed by atoms with E-state index in [9.17, 15) is 4.79 Å². The molecule has 5 heteroatoms. The number of carbonyl (C=O) groups is 1. The Morgan fingerprint density at radius 1 is 1.18 bits per heavy atom. The lowest BCUT2D eigenvalue weighted by atomic mass is 10.0. The van der Waals surface area contributed by atoms with E-state index < -0.39 is 0 Å². The third-order valence-electron chi connectivity index (χ3n) is 3.40. The highest BCUT2D eigenvalue weighted by atomic mass is 16.2. The average Bonchev–Trinajstić information content (AvgIpc) is 2.96. The van der Waals surface area contributed by atoms with Crippen molar-refractivity contribution in [3.8, 4) is 0 Å². The summed E-state index contributed by atoms with van der Waals surface area (Å²) in [5.41, 5.74) is 1.49. The highest BCUT2D eigenvalue weighted by Crippen LogP contribution is 2.19. The van der Waals surface area contributed by atoms with Crippen LogP contribution in [0.3, 0.4) is 0 Å². The first-order valence-corrected chi connectivity index (χ1v) is 7.31. The van der Waals surface area contributed by atoms with Crippen molar-refractivity contribution in [1.82, 2.24) is 20.3 Å². The van der Waals surface area contributed by atoms with Gasteiger partial charge in [-0.1, -0.05) is 47.7 Å². The maximum absolute atomic E-state index is 11.9. The Balaban J connectivity index is 1.84. The van der Waals surface area contributed by atoms with E-state index >= 15 is 0 Å². The Morgan fingerprint density at radius 3 is 2.77 bits per heavy atom. The molecular formula is C17H18N4O. The second kappa shape index (κ2) is 5.97. The van der Waals surface area contributed by atoms with Crippen molar-refractivity contribution in [3.63, 3.8) is 0 Å². The van der Waals surface area contributed by atoms with Crippen LogP contribution in [0, 0.1) is 0 Å². The van der Waals surface area contributed by atoms with Gasteiger partial charge in [-0.05, 0) is 30.2 Å². The van der Waals surface area contributed by atoms with Gasteiger partial charge in [-0.2, -0.15) is 0 Å². The van der Waals surface area contributed by atoms with E-state index in [2.05, 4.69) is 39.9 Å². The van der Waals surface area contributed by atoms with Crippen LogP contribution < -0.4 is 5.32 Å². The van der Waals surface area contributed by atoms with Gasteiger partial charge in [0.1, 0.15) is 0 Å². The molecular weight excluding hydrogens is 276 g/mol. The summed E-state index contributed by atoms with van der Waals surface area (Å²) in [6.45, 7) is 4.42. The second-order valence-electron chi connectivity index (χ2n) is 5.57. The number of aromatic nitrogens is 3. The largest absolute Gasteiger partial charge is 0.348 e. The van der Waals surface area contributed by atoms with E-state index in [0.29, 0.717) is 12.2 Å². The SMILES string of the molecule is CC(C)NC(=O)c1cn(Cc2cccc3ccccc23)nn1. The topological polar surface area (TPSA) is 59.8 Å². The predicted molar refractivity (Wildman–Crippen MR) is 85.7 cm³/mol. The van der Waals surface area contributed by atoms with E-state index in [4.69, 9.17) is 0 Å². The molecule has 0 bridgehead atoms. The molecule has 22 heavy (non-hydrogen) atoms. The summed E-state index contributed by atoms with van der Waals surface area (Å²) in [6, 6.07) is 14.5. The fraction of sp³-hybridized carbons (Fsp3) is 0.235. The van der Waals surface area contributed by atoms with Gasteiger partial charge in [-0.3, -0.25) is 4.79 Å². The molecule has 1 heterocycles. The number of carbonyl (C=O) groups excluding carboxylic acids is 1. The van der Waals surface area contributed by atoms with Crippen LogP contribution in [0.4, 0.5) is 0 Å². The normalized spacial score (nSPS) is 11.0. The number of benzene rings is 2. The van der Waals surface area contributed by atoms with Crippen molar-refractivity contribution in [2.45, 2.75) is 26.4 Å². The minimum absolute atomic E-state index is 0.0794. The number of nitrogens with one attached hydrogen (secondary N) is 1. The van der Waals surface area contributed by atoms with Crippen LogP contribution >= 0.6 is 0 Å². The van der Waals surface area contributed by atoms with Gasteiger partial charge < -0.3 is 5.32 Å². The summed E-state index contributed by atoms with van der Waals surface area (Å²) in [7, 11) is 0. The lowest BCUT2D eigenvalue weighted by molar-refractivity contribution is 0.0938. The van der Waals surface area contributed by atoms with E-state index in [1.165, 1.54) is 10.8 Å². The Hall–Kier alpha value is -2.69.